The Bertz CT molecular complexity index is 721. The lowest BCUT2D eigenvalue weighted by molar-refractivity contribution is -0.127. The molecule has 1 heterocycles. The Hall–Kier alpha value is -2.49. The van der Waals surface area contributed by atoms with Crippen molar-refractivity contribution in [2.75, 3.05) is 6.54 Å². The predicted octanol–water partition coefficient (Wildman–Crippen LogP) is 3.62. The van der Waals surface area contributed by atoms with Crippen LogP contribution < -0.4 is 0 Å². The SMILES string of the molecule is C=CC(=O)N1Cc2ccccc2[C@H](c2c(F)cccc2F)C1. The van der Waals surface area contributed by atoms with Gasteiger partial charge in [-0.1, -0.05) is 36.9 Å². The van der Waals surface area contributed by atoms with Crippen LogP contribution in [0.5, 0.6) is 0 Å². The van der Waals surface area contributed by atoms with E-state index in [2.05, 4.69) is 6.58 Å². The summed E-state index contributed by atoms with van der Waals surface area (Å²) in [7, 11) is 0. The molecule has 0 fully saturated rings. The van der Waals surface area contributed by atoms with Crippen LogP contribution in [0.4, 0.5) is 8.78 Å². The van der Waals surface area contributed by atoms with Crippen LogP contribution >= 0.6 is 0 Å². The molecule has 0 saturated heterocycles. The van der Waals surface area contributed by atoms with Crippen molar-refractivity contribution in [1.29, 1.82) is 0 Å². The second-order valence-corrected chi connectivity index (χ2v) is 5.31. The molecular formula is C18H15F2NO. The number of hydrogen-bond donors (Lipinski definition) is 0. The summed E-state index contributed by atoms with van der Waals surface area (Å²) >= 11 is 0. The summed E-state index contributed by atoms with van der Waals surface area (Å²) in [5.74, 6) is -1.94. The molecule has 2 aromatic carbocycles. The molecule has 0 N–H and O–H groups in total. The minimum Gasteiger partial charge on any atom is -0.334 e. The predicted molar refractivity (Wildman–Crippen MR) is 80.3 cm³/mol. The van der Waals surface area contributed by atoms with Crippen LogP contribution in [0.15, 0.2) is 55.1 Å². The Morgan fingerprint density at radius 1 is 1.14 bits per heavy atom. The maximum absolute atomic E-state index is 14.2. The van der Waals surface area contributed by atoms with Gasteiger partial charge < -0.3 is 4.90 Å². The third-order valence-electron chi connectivity index (χ3n) is 4.03. The smallest absolute Gasteiger partial charge is 0.246 e. The van der Waals surface area contributed by atoms with Gasteiger partial charge in [0.05, 0.1) is 0 Å². The van der Waals surface area contributed by atoms with Crippen molar-refractivity contribution in [2.24, 2.45) is 0 Å². The molecule has 3 rings (SSSR count). The van der Waals surface area contributed by atoms with Crippen molar-refractivity contribution in [3.63, 3.8) is 0 Å². The van der Waals surface area contributed by atoms with Crippen LogP contribution in [0.3, 0.4) is 0 Å². The maximum Gasteiger partial charge on any atom is 0.246 e. The average Bonchev–Trinajstić information content (AvgIpc) is 2.53. The molecule has 0 aliphatic carbocycles. The van der Waals surface area contributed by atoms with E-state index >= 15 is 0 Å². The van der Waals surface area contributed by atoms with Gasteiger partial charge in [-0.3, -0.25) is 4.79 Å². The Morgan fingerprint density at radius 2 is 1.82 bits per heavy atom. The first-order chi connectivity index (χ1) is 10.6. The summed E-state index contributed by atoms with van der Waals surface area (Å²) < 4.78 is 28.4. The van der Waals surface area contributed by atoms with E-state index in [0.29, 0.717) is 6.54 Å². The van der Waals surface area contributed by atoms with Gasteiger partial charge in [0.2, 0.25) is 5.91 Å². The number of carbonyl (C=O) groups excluding carboxylic acids is 1. The zero-order valence-corrected chi connectivity index (χ0v) is 11.9. The summed E-state index contributed by atoms with van der Waals surface area (Å²) in [4.78, 5) is 13.5. The lowest BCUT2D eigenvalue weighted by Crippen LogP contribution is -2.38. The number of fused-ring (bicyclic) bond motifs is 1. The van der Waals surface area contributed by atoms with E-state index in [0.717, 1.165) is 11.1 Å². The van der Waals surface area contributed by atoms with E-state index < -0.39 is 17.6 Å². The van der Waals surface area contributed by atoms with Gasteiger partial charge in [-0.05, 0) is 29.3 Å². The Kier molecular flexibility index (Phi) is 3.75. The molecule has 0 bridgehead atoms. The van der Waals surface area contributed by atoms with Crippen LogP contribution in [0, 0.1) is 11.6 Å². The molecule has 2 nitrogen and oxygen atoms in total. The standard InChI is InChI=1S/C18H15F2NO/c1-2-17(22)21-10-12-6-3-4-7-13(12)14(11-21)18-15(19)8-5-9-16(18)20/h2-9,14H,1,10-11H2/t14-/m1/s1. The third-order valence-corrected chi connectivity index (χ3v) is 4.03. The van der Waals surface area contributed by atoms with Crippen LogP contribution in [0.1, 0.15) is 22.6 Å². The second-order valence-electron chi connectivity index (χ2n) is 5.31. The largest absolute Gasteiger partial charge is 0.334 e. The fourth-order valence-electron chi connectivity index (χ4n) is 2.99. The topological polar surface area (TPSA) is 20.3 Å². The minimum absolute atomic E-state index is 0.0107. The molecule has 4 heteroatoms. The van der Waals surface area contributed by atoms with Gasteiger partial charge in [0.25, 0.3) is 0 Å². The zero-order valence-electron chi connectivity index (χ0n) is 11.9. The fourth-order valence-corrected chi connectivity index (χ4v) is 2.99. The van der Waals surface area contributed by atoms with E-state index in [-0.39, 0.29) is 18.0 Å². The molecule has 0 spiro atoms. The number of amides is 1. The third kappa shape index (κ3) is 2.41. The zero-order chi connectivity index (χ0) is 15.7. The summed E-state index contributed by atoms with van der Waals surface area (Å²) in [5.41, 5.74) is 1.77. The molecule has 0 radical (unpaired) electrons. The number of benzene rings is 2. The van der Waals surface area contributed by atoms with Crippen molar-refractivity contribution in [1.82, 2.24) is 4.90 Å². The Balaban J connectivity index is 2.13. The molecule has 0 saturated carbocycles. The van der Waals surface area contributed by atoms with Gasteiger partial charge in [-0.2, -0.15) is 0 Å². The van der Waals surface area contributed by atoms with Gasteiger partial charge in [-0.15, -0.1) is 0 Å². The number of rotatable bonds is 2. The van der Waals surface area contributed by atoms with Gasteiger partial charge in [-0.25, -0.2) is 8.78 Å². The quantitative estimate of drug-likeness (QED) is 0.776. The summed E-state index contributed by atoms with van der Waals surface area (Å²) in [6, 6.07) is 11.3. The van der Waals surface area contributed by atoms with E-state index in [1.807, 2.05) is 24.3 Å². The van der Waals surface area contributed by atoms with Gasteiger partial charge in [0.15, 0.2) is 0 Å². The highest BCUT2D eigenvalue weighted by Gasteiger charge is 2.31. The summed E-state index contributed by atoms with van der Waals surface area (Å²) in [6.07, 6.45) is 1.22. The normalized spacial score (nSPS) is 17.0. The van der Waals surface area contributed by atoms with Crippen LogP contribution in [0.25, 0.3) is 0 Å². The first-order valence-electron chi connectivity index (χ1n) is 7.05. The van der Waals surface area contributed by atoms with Crippen LogP contribution in [-0.2, 0) is 11.3 Å². The molecule has 1 aliphatic rings. The van der Waals surface area contributed by atoms with Crippen LogP contribution in [-0.4, -0.2) is 17.4 Å². The highest BCUT2D eigenvalue weighted by Crippen LogP contribution is 2.35. The molecule has 112 valence electrons. The van der Waals surface area contributed by atoms with E-state index in [9.17, 15) is 13.6 Å². The van der Waals surface area contributed by atoms with Crippen molar-refractivity contribution >= 4 is 5.91 Å². The van der Waals surface area contributed by atoms with E-state index in [1.54, 1.807) is 4.90 Å². The second kappa shape index (κ2) is 5.72. The number of carbonyl (C=O) groups is 1. The first-order valence-corrected chi connectivity index (χ1v) is 7.05. The van der Waals surface area contributed by atoms with Crippen molar-refractivity contribution in [2.45, 2.75) is 12.5 Å². The van der Waals surface area contributed by atoms with Crippen LogP contribution in [0.2, 0.25) is 0 Å². The first kappa shape index (κ1) is 14.4. The molecular weight excluding hydrogens is 284 g/mol. The number of nitrogens with zero attached hydrogens (tertiary/aromatic N) is 1. The molecule has 0 unspecified atom stereocenters. The molecule has 2 aromatic rings. The van der Waals surface area contributed by atoms with Crippen molar-refractivity contribution in [3.05, 3.63) is 83.4 Å². The molecule has 1 aliphatic heterocycles. The van der Waals surface area contributed by atoms with Crippen molar-refractivity contribution in [3.8, 4) is 0 Å². The van der Waals surface area contributed by atoms with Crippen molar-refractivity contribution < 1.29 is 13.6 Å². The lowest BCUT2D eigenvalue weighted by Gasteiger charge is -2.34. The van der Waals surface area contributed by atoms with E-state index in [1.165, 1.54) is 24.3 Å². The van der Waals surface area contributed by atoms with Gasteiger partial charge in [0, 0.05) is 24.6 Å². The van der Waals surface area contributed by atoms with E-state index in [4.69, 9.17) is 0 Å². The minimum atomic E-state index is -0.590. The summed E-state index contributed by atoms with van der Waals surface area (Å²) in [5, 5.41) is 0. The number of hydrogen-bond acceptors (Lipinski definition) is 1. The maximum atomic E-state index is 14.2. The Morgan fingerprint density at radius 3 is 2.50 bits per heavy atom. The molecule has 22 heavy (non-hydrogen) atoms. The highest BCUT2D eigenvalue weighted by molar-refractivity contribution is 5.87. The highest BCUT2D eigenvalue weighted by atomic mass is 19.1. The fraction of sp³-hybridized carbons (Fsp3) is 0.167. The Labute approximate surface area is 127 Å². The number of halogens is 2. The van der Waals surface area contributed by atoms with Gasteiger partial charge >= 0.3 is 0 Å². The van der Waals surface area contributed by atoms with Gasteiger partial charge in [0.1, 0.15) is 11.6 Å². The molecule has 0 aromatic heterocycles. The molecule has 1 amide bonds. The molecule has 1 atom stereocenters. The monoisotopic (exact) mass is 299 g/mol. The average molecular weight is 299 g/mol. The summed E-state index contributed by atoms with van der Waals surface area (Å²) in [6.45, 7) is 4.15. The lowest BCUT2D eigenvalue weighted by atomic mass is 9.84.